The van der Waals surface area contributed by atoms with Gasteiger partial charge in [-0.15, -0.1) is 0 Å². The lowest BCUT2D eigenvalue weighted by atomic mass is 9.90. The molecule has 0 amide bonds. The first kappa shape index (κ1) is 13.0. The van der Waals surface area contributed by atoms with Gasteiger partial charge < -0.3 is 9.47 Å². The number of hydrogen-bond donors (Lipinski definition) is 0. The van der Waals surface area contributed by atoms with E-state index < -0.39 is 0 Å². The number of ether oxygens (including phenoxy) is 2. The summed E-state index contributed by atoms with van der Waals surface area (Å²) in [5, 5.41) is 0. The smallest absolute Gasteiger partial charge is 0.0867 e. The van der Waals surface area contributed by atoms with Gasteiger partial charge in [-0.3, -0.25) is 0 Å². The van der Waals surface area contributed by atoms with Crippen LogP contribution in [0.4, 0.5) is 0 Å². The summed E-state index contributed by atoms with van der Waals surface area (Å²) in [6, 6.07) is 0. The minimum absolute atomic E-state index is 0.727. The van der Waals surface area contributed by atoms with Gasteiger partial charge in [0.15, 0.2) is 0 Å². The monoisotopic (exact) mass is 213 g/mol. The van der Waals surface area contributed by atoms with Crippen molar-refractivity contribution < 1.29 is 9.47 Å². The molecular formula is C13H25O2. The first-order chi connectivity index (χ1) is 7.43. The first-order valence-corrected chi connectivity index (χ1v) is 6.46. The Morgan fingerprint density at radius 2 is 1.80 bits per heavy atom. The predicted octanol–water partition coefficient (Wildman–Crippen LogP) is 3.56. The summed E-state index contributed by atoms with van der Waals surface area (Å²) in [5.74, 6) is 0.727. The molecule has 0 aromatic carbocycles. The Balaban J connectivity index is 1.79. The normalized spacial score (nSPS) is 18.2. The van der Waals surface area contributed by atoms with Crippen molar-refractivity contribution in [3.63, 3.8) is 0 Å². The summed E-state index contributed by atoms with van der Waals surface area (Å²) in [6.07, 6.45) is 9.08. The van der Waals surface area contributed by atoms with Crippen LogP contribution < -0.4 is 0 Å². The molecule has 2 nitrogen and oxygen atoms in total. The highest BCUT2D eigenvalue weighted by Crippen LogP contribution is 2.25. The molecule has 0 aliphatic heterocycles. The van der Waals surface area contributed by atoms with E-state index in [-0.39, 0.29) is 0 Å². The fourth-order valence-corrected chi connectivity index (χ4v) is 2.01. The van der Waals surface area contributed by atoms with Gasteiger partial charge in [0.25, 0.3) is 0 Å². The van der Waals surface area contributed by atoms with Crippen molar-refractivity contribution in [2.75, 3.05) is 19.8 Å². The molecule has 1 saturated carbocycles. The second kappa shape index (κ2) is 9.17. The summed E-state index contributed by atoms with van der Waals surface area (Å²) in [4.78, 5) is 0. The van der Waals surface area contributed by atoms with Gasteiger partial charge in [-0.05, 0) is 38.5 Å². The van der Waals surface area contributed by atoms with Crippen molar-refractivity contribution in [3.05, 3.63) is 6.61 Å². The predicted molar refractivity (Wildman–Crippen MR) is 62.6 cm³/mol. The van der Waals surface area contributed by atoms with Gasteiger partial charge >= 0.3 is 0 Å². The van der Waals surface area contributed by atoms with E-state index >= 15 is 0 Å². The summed E-state index contributed by atoms with van der Waals surface area (Å²) >= 11 is 0. The van der Waals surface area contributed by atoms with Crippen molar-refractivity contribution in [1.29, 1.82) is 0 Å². The molecule has 0 spiro atoms. The molecule has 15 heavy (non-hydrogen) atoms. The molecule has 1 radical (unpaired) electrons. The van der Waals surface area contributed by atoms with Crippen LogP contribution in [-0.2, 0) is 9.47 Å². The third kappa shape index (κ3) is 6.91. The Hall–Kier alpha value is -0.0800. The van der Waals surface area contributed by atoms with E-state index in [0.717, 1.165) is 38.6 Å². The molecule has 0 aromatic heterocycles. The molecule has 0 heterocycles. The average Bonchev–Trinajstić information content (AvgIpc) is 2.29. The van der Waals surface area contributed by atoms with Gasteiger partial charge in [0.05, 0.1) is 6.61 Å². The van der Waals surface area contributed by atoms with E-state index in [0.29, 0.717) is 0 Å². The molecule has 0 unspecified atom stereocenters. The van der Waals surface area contributed by atoms with Crippen LogP contribution in [0, 0.1) is 12.5 Å². The van der Waals surface area contributed by atoms with Gasteiger partial charge in [-0.25, -0.2) is 0 Å². The molecule has 0 saturated heterocycles. The molecule has 1 fully saturated rings. The van der Waals surface area contributed by atoms with Crippen molar-refractivity contribution in [3.8, 4) is 0 Å². The molecule has 1 aliphatic carbocycles. The lowest BCUT2D eigenvalue weighted by molar-refractivity contribution is 0.117. The standard InChI is InChI=1S/C13H25O2/c1-2-14-10-6-7-11-15-12-13-8-4-3-5-9-13/h12-13H,2-11H2,1H3. The summed E-state index contributed by atoms with van der Waals surface area (Å²) in [6.45, 7) is 6.69. The second-order valence-corrected chi connectivity index (χ2v) is 4.31. The zero-order valence-electron chi connectivity index (χ0n) is 10.0. The topological polar surface area (TPSA) is 18.5 Å². The van der Waals surface area contributed by atoms with Crippen LogP contribution in [0.3, 0.4) is 0 Å². The molecule has 0 N–H and O–H groups in total. The quantitative estimate of drug-likeness (QED) is 0.574. The fraction of sp³-hybridized carbons (Fsp3) is 0.923. The van der Waals surface area contributed by atoms with Gasteiger partial charge in [-0.1, -0.05) is 19.3 Å². The maximum Gasteiger partial charge on any atom is 0.0867 e. The van der Waals surface area contributed by atoms with E-state index in [4.69, 9.17) is 9.47 Å². The average molecular weight is 213 g/mol. The number of unbranched alkanes of at least 4 members (excludes halogenated alkanes) is 1. The van der Waals surface area contributed by atoms with Gasteiger partial charge in [-0.2, -0.15) is 0 Å². The highest BCUT2D eigenvalue weighted by atomic mass is 16.5. The lowest BCUT2D eigenvalue weighted by Gasteiger charge is -2.20. The lowest BCUT2D eigenvalue weighted by Crippen LogP contribution is -2.09. The fourth-order valence-electron chi connectivity index (χ4n) is 2.01. The van der Waals surface area contributed by atoms with Crippen LogP contribution in [0.2, 0.25) is 0 Å². The second-order valence-electron chi connectivity index (χ2n) is 4.31. The number of hydrogen-bond acceptors (Lipinski definition) is 2. The maximum atomic E-state index is 5.57. The van der Waals surface area contributed by atoms with Crippen molar-refractivity contribution in [2.24, 2.45) is 5.92 Å². The third-order valence-electron chi connectivity index (χ3n) is 2.94. The molecule has 1 rings (SSSR count). The highest BCUT2D eigenvalue weighted by Gasteiger charge is 2.13. The Morgan fingerprint density at radius 3 is 2.53 bits per heavy atom. The van der Waals surface area contributed by atoms with Crippen LogP contribution in [0.25, 0.3) is 0 Å². The molecular weight excluding hydrogens is 188 g/mol. The van der Waals surface area contributed by atoms with Crippen LogP contribution in [-0.4, -0.2) is 19.8 Å². The van der Waals surface area contributed by atoms with Crippen molar-refractivity contribution in [1.82, 2.24) is 0 Å². The van der Waals surface area contributed by atoms with E-state index in [1.807, 2.05) is 6.92 Å². The van der Waals surface area contributed by atoms with Crippen LogP contribution in [0.1, 0.15) is 51.9 Å². The molecule has 89 valence electrons. The summed E-state index contributed by atoms with van der Waals surface area (Å²) < 4.78 is 10.8. The van der Waals surface area contributed by atoms with Gasteiger partial charge in [0, 0.05) is 19.8 Å². The highest BCUT2D eigenvalue weighted by molar-refractivity contribution is 4.72. The van der Waals surface area contributed by atoms with Crippen molar-refractivity contribution >= 4 is 0 Å². The zero-order valence-corrected chi connectivity index (χ0v) is 10.0. The Kier molecular flexibility index (Phi) is 7.94. The maximum absolute atomic E-state index is 5.57. The van der Waals surface area contributed by atoms with Crippen LogP contribution in [0.5, 0.6) is 0 Å². The van der Waals surface area contributed by atoms with Crippen molar-refractivity contribution in [2.45, 2.75) is 51.9 Å². The zero-order chi connectivity index (χ0) is 10.8. The first-order valence-electron chi connectivity index (χ1n) is 6.46. The Labute approximate surface area is 94.3 Å². The van der Waals surface area contributed by atoms with Gasteiger partial charge in [0.1, 0.15) is 0 Å². The van der Waals surface area contributed by atoms with E-state index in [2.05, 4.69) is 6.61 Å². The number of rotatable bonds is 8. The van der Waals surface area contributed by atoms with Crippen LogP contribution in [0.15, 0.2) is 0 Å². The van der Waals surface area contributed by atoms with Gasteiger partial charge in [0.2, 0.25) is 0 Å². The SMILES string of the molecule is CCOCCCCO[CH]C1CCCCC1. The molecule has 0 bridgehead atoms. The van der Waals surface area contributed by atoms with Crippen LogP contribution >= 0.6 is 0 Å². The molecule has 1 aliphatic rings. The largest absolute Gasteiger partial charge is 0.382 e. The van der Waals surface area contributed by atoms with E-state index in [1.54, 1.807) is 0 Å². The Morgan fingerprint density at radius 1 is 1.07 bits per heavy atom. The minimum Gasteiger partial charge on any atom is -0.382 e. The molecule has 0 atom stereocenters. The minimum atomic E-state index is 0.727. The summed E-state index contributed by atoms with van der Waals surface area (Å²) in [5.41, 5.74) is 0. The van der Waals surface area contributed by atoms with E-state index in [1.165, 1.54) is 32.1 Å². The van der Waals surface area contributed by atoms with E-state index in [9.17, 15) is 0 Å². The Bertz CT molecular complexity index is 130. The molecule has 0 aromatic rings. The summed E-state index contributed by atoms with van der Waals surface area (Å²) in [7, 11) is 0. The molecule has 2 heteroatoms. The third-order valence-corrected chi connectivity index (χ3v) is 2.94.